The highest BCUT2D eigenvalue weighted by Crippen LogP contribution is 2.29. The molecule has 3 nitrogen and oxygen atoms in total. The Morgan fingerprint density at radius 1 is 1.28 bits per heavy atom. The van der Waals surface area contributed by atoms with Crippen LogP contribution in [0.2, 0.25) is 0 Å². The number of benzene rings is 1. The molecule has 0 aromatic heterocycles. The molecule has 0 amide bonds. The molecule has 1 aliphatic rings. The molecule has 1 fully saturated rings. The van der Waals surface area contributed by atoms with E-state index >= 15 is 0 Å². The van der Waals surface area contributed by atoms with Gasteiger partial charge < -0.3 is 10.6 Å². The van der Waals surface area contributed by atoms with Crippen molar-refractivity contribution in [2.24, 2.45) is 4.99 Å². The number of alkyl halides is 3. The summed E-state index contributed by atoms with van der Waals surface area (Å²) in [5.74, 6) is 6.26. The van der Waals surface area contributed by atoms with E-state index in [1.54, 1.807) is 6.07 Å². The smallest absolute Gasteiger partial charge is 0.357 e. The van der Waals surface area contributed by atoms with Gasteiger partial charge in [0.15, 0.2) is 5.96 Å². The topological polar surface area (TPSA) is 36.4 Å². The number of guanidine groups is 1. The SMILES string of the molecule is CCNC(=NCC#Cc1cccc(C(F)(F)F)c1)NC1CCCC1.I. The van der Waals surface area contributed by atoms with Gasteiger partial charge in [-0.05, 0) is 38.0 Å². The minimum absolute atomic E-state index is 0. The summed E-state index contributed by atoms with van der Waals surface area (Å²) in [4.78, 5) is 4.36. The lowest BCUT2D eigenvalue weighted by Gasteiger charge is -2.16. The van der Waals surface area contributed by atoms with E-state index in [-0.39, 0.29) is 30.5 Å². The Hall–Kier alpha value is -1.43. The zero-order valence-electron chi connectivity index (χ0n) is 14.1. The van der Waals surface area contributed by atoms with Crippen LogP contribution in [0, 0.1) is 11.8 Å². The summed E-state index contributed by atoms with van der Waals surface area (Å²) in [5, 5.41) is 6.53. The molecule has 1 saturated carbocycles. The summed E-state index contributed by atoms with van der Waals surface area (Å²) in [6.45, 7) is 2.97. The molecule has 0 atom stereocenters. The zero-order valence-corrected chi connectivity index (χ0v) is 16.4. The molecule has 1 aromatic carbocycles. The van der Waals surface area contributed by atoms with E-state index in [4.69, 9.17) is 0 Å². The zero-order chi connectivity index (χ0) is 17.4. The standard InChI is InChI=1S/C18H22F3N3.HI/c1-2-22-17(24-16-10-3-4-11-16)23-12-6-8-14-7-5-9-15(13-14)18(19,20)21;/h5,7,9,13,16H,2-4,10-12H2,1H3,(H2,22,23,24);1H. The van der Waals surface area contributed by atoms with Crippen LogP contribution in [0.4, 0.5) is 13.2 Å². The van der Waals surface area contributed by atoms with Gasteiger partial charge >= 0.3 is 6.18 Å². The fraction of sp³-hybridized carbons (Fsp3) is 0.500. The molecule has 0 spiro atoms. The van der Waals surface area contributed by atoms with Crippen molar-refractivity contribution in [3.05, 3.63) is 35.4 Å². The number of hydrogen-bond donors (Lipinski definition) is 2. The average Bonchev–Trinajstić information content (AvgIpc) is 3.04. The van der Waals surface area contributed by atoms with E-state index < -0.39 is 11.7 Å². The van der Waals surface area contributed by atoms with Gasteiger partial charge in [-0.1, -0.05) is 30.7 Å². The molecule has 138 valence electrons. The molecule has 0 aliphatic heterocycles. The molecule has 1 aliphatic carbocycles. The summed E-state index contributed by atoms with van der Waals surface area (Å²) in [7, 11) is 0. The molecule has 25 heavy (non-hydrogen) atoms. The fourth-order valence-electron chi connectivity index (χ4n) is 2.62. The molecule has 2 N–H and O–H groups in total. The van der Waals surface area contributed by atoms with Crippen LogP contribution in [0.15, 0.2) is 29.3 Å². The number of nitrogens with zero attached hydrogens (tertiary/aromatic N) is 1. The van der Waals surface area contributed by atoms with Gasteiger partial charge in [0.2, 0.25) is 0 Å². The third-order valence-corrected chi connectivity index (χ3v) is 3.78. The van der Waals surface area contributed by atoms with Crippen LogP contribution in [0.1, 0.15) is 43.7 Å². The van der Waals surface area contributed by atoms with Crippen LogP contribution in [0.25, 0.3) is 0 Å². The number of hydrogen-bond acceptors (Lipinski definition) is 1. The minimum Gasteiger partial charge on any atom is -0.357 e. The third kappa shape index (κ3) is 7.55. The maximum atomic E-state index is 12.7. The molecule has 0 bridgehead atoms. The Balaban J connectivity index is 0.00000312. The Morgan fingerprint density at radius 2 is 2.00 bits per heavy atom. The van der Waals surface area contributed by atoms with Crippen LogP contribution >= 0.6 is 24.0 Å². The third-order valence-electron chi connectivity index (χ3n) is 3.78. The minimum atomic E-state index is -4.35. The van der Waals surface area contributed by atoms with Gasteiger partial charge in [0.1, 0.15) is 6.54 Å². The lowest BCUT2D eigenvalue weighted by molar-refractivity contribution is -0.137. The summed E-state index contributed by atoms with van der Waals surface area (Å²) < 4.78 is 38.0. The van der Waals surface area contributed by atoms with Crippen molar-refractivity contribution < 1.29 is 13.2 Å². The lowest BCUT2D eigenvalue weighted by Crippen LogP contribution is -2.42. The van der Waals surface area contributed by atoms with E-state index in [0.717, 1.165) is 31.5 Å². The van der Waals surface area contributed by atoms with Gasteiger partial charge in [-0.25, -0.2) is 4.99 Å². The largest absolute Gasteiger partial charge is 0.416 e. The fourth-order valence-corrected chi connectivity index (χ4v) is 2.62. The van der Waals surface area contributed by atoms with E-state index in [0.29, 0.717) is 17.6 Å². The van der Waals surface area contributed by atoms with E-state index in [1.165, 1.54) is 18.9 Å². The van der Waals surface area contributed by atoms with E-state index in [2.05, 4.69) is 27.5 Å². The van der Waals surface area contributed by atoms with Gasteiger partial charge in [0.25, 0.3) is 0 Å². The predicted molar refractivity (Wildman–Crippen MR) is 105 cm³/mol. The monoisotopic (exact) mass is 465 g/mol. The van der Waals surface area contributed by atoms with Crippen LogP contribution in [0.5, 0.6) is 0 Å². The second-order valence-electron chi connectivity index (χ2n) is 5.70. The Bertz CT molecular complexity index is 626. The number of rotatable bonds is 3. The average molecular weight is 465 g/mol. The first kappa shape index (κ1) is 21.6. The highest BCUT2D eigenvalue weighted by molar-refractivity contribution is 14.0. The molecular formula is C18H23F3IN3. The first-order chi connectivity index (χ1) is 11.5. The highest BCUT2D eigenvalue weighted by atomic mass is 127. The van der Waals surface area contributed by atoms with Gasteiger partial charge in [0.05, 0.1) is 5.56 Å². The molecule has 0 unspecified atom stereocenters. The van der Waals surface area contributed by atoms with Crippen LogP contribution < -0.4 is 10.6 Å². The van der Waals surface area contributed by atoms with Crippen molar-refractivity contribution in [1.82, 2.24) is 10.6 Å². The highest BCUT2D eigenvalue weighted by Gasteiger charge is 2.30. The van der Waals surface area contributed by atoms with Crippen molar-refractivity contribution in [2.45, 2.75) is 44.8 Å². The van der Waals surface area contributed by atoms with Crippen LogP contribution in [0.3, 0.4) is 0 Å². The number of aliphatic imine (C=N–C) groups is 1. The first-order valence-electron chi connectivity index (χ1n) is 8.20. The van der Waals surface area contributed by atoms with Gasteiger partial charge in [-0.2, -0.15) is 13.2 Å². The van der Waals surface area contributed by atoms with Crippen molar-refractivity contribution in [2.75, 3.05) is 13.1 Å². The Morgan fingerprint density at radius 3 is 2.64 bits per heavy atom. The molecule has 2 rings (SSSR count). The first-order valence-corrected chi connectivity index (χ1v) is 8.20. The predicted octanol–water partition coefficient (Wildman–Crippen LogP) is 4.17. The van der Waals surface area contributed by atoms with E-state index in [9.17, 15) is 13.2 Å². The van der Waals surface area contributed by atoms with Crippen molar-refractivity contribution in [3.63, 3.8) is 0 Å². The number of nitrogens with one attached hydrogen (secondary N) is 2. The van der Waals surface area contributed by atoms with Gasteiger partial charge in [-0.15, -0.1) is 24.0 Å². The van der Waals surface area contributed by atoms with Crippen molar-refractivity contribution in [3.8, 4) is 11.8 Å². The molecule has 7 heteroatoms. The molecule has 0 radical (unpaired) electrons. The van der Waals surface area contributed by atoms with Crippen molar-refractivity contribution >= 4 is 29.9 Å². The Kier molecular flexibility index (Phi) is 9.11. The van der Waals surface area contributed by atoms with Crippen LogP contribution in [-0.4, -0.2) is 25.1 Å². The van der Waals surface area contributed by atoms with Crippen LogP contribution in [-0.2, 0) is 6.18 Å². The summed E-state index contributed by atoms with van der Waals surface area (Å²) in [6.07, 6.45) is 0.388. The molecule has 1 aromatic rings. The second-order valence-corrected chi connectivity index (χ2v) is 5.70. The van der Waals surface area contributed by atoms with Crippen molar-refractivity contribution in [1.29, 1.82) is 0 Å². The van der Waals surface area contributed by atoms with Gasteiger partial charge in [0, 0.05) is 18.2 Å². The summed E-state index contributed by atoms with van der Waals surface area (Å²) >= 11 is 0. The molecule has 0 heterocycles. The quantitative estimate of drug-likeness (QED) is 0.304. The maximum absolute atomic E-state index is 12.7. The molecule has 0 saturated heterocycles. The molecular weight excluding hydrogens is 442 g/mol. The van der Waals surface area contributed by atoms with E-state index in [1.807, 2.05) is 6.92 Å². The van der Waals surface area contributed by atoms with Gasteiger partial charge in [-0.3, -0.25) is 0 Å². The maximum Gasteiger partial charge on any atom is 0.416 e. The number of halogens is 4. The second kappa shape index (κ2) is 10.5. The lowest BCUT2D eigenvalue weighted by atomic mass is 10.1. The summed E-state index contributed by atoms with van der Waals surface area (Å²) in [6, 6.07) is 5.46. The summed E-state index contributed by atoms with van der Waals surface area (Å²) in [5.41, 5.74) is -0.345. The Labute approximate surface area is 163 Å². The normalized spacial score (nSPS) is 15.1.